The molecule has 0 atom stereocenters. The van der Waals surface area contributed by atoms with Gasteiger partial charge in [-0.1, -0.05) is 152 Å². The molecule has 0 saturated carbocycles. The van der Waals surface area contributed by atoms with Gasteiger partial charge >= 0.3 is 0 Å². The molecular weight excluding hydrogens is 605 g/mol. The second-order valence-corrected chi connectivity index (χ2v) is 13.0. The van der Waals surface area contributed by atoms with E-state index in [0.29, 0.717) is 0 Å². The quantitative estimate of drug-likeness (QED) is 0.178. The number of hydrogen-bond donors (Lipinski definition) is 0. The van der Waals surface area contributed by atoms with Gasteiger partial charge in [0.2, 0.25) is 0 Å². The number of rotatable bonds is 5. The molecule has 2 aromatic heterocycles. The smallest absolute Gasteiger partial charge is 0.0788 e. The first-order valence-electron chi connectivity index (χ1n) is 17.2. The highest BCUT2D eigenvalue weighted by atomic mass is 15.0. The topological polar surface area (TPSA) is 9.86 Å². The van der Waals surface area contributed by atoms with E-state index in [-0.39, 0.29) is 0 Å². The van der Waals surface area contributed by atoms with Gasteiger partial charge in [0.05, 0.1) is 22.1 Å². The number of hydrogen-bond acceptors (Lipinski definition) is 0. The molecule has 0 radical (unpaired) electrons. The highest BCUT2D eigenvalue weighted by molar-refractivity contribution is 6.24. The Labute approximate surface area is 290 Å². The highest BCUT2D eigenvalue weighted by Crippen LogP contribution is 2.43. The van der Waals surface area contributed by atoms with E-state index in [1.54, 1.807) is 0 Å². The first-order valence-corrected chi connectivity index (χ1v) is 17.2. The van der Waals surface area contributed by atoms with Gasteiger partial charge in [-0.05, 0) is 75.8 Å². The van der Waals surface area contributed by atoms with Crippen LogP contribution in [0, 0.1) is 0 Å². The summed E-state index contributed by atoms with van der Waals surface area (Å²) < 4.78 is 4.97. The number of aromatic nitrogens is 2. The lowest BCUT2D eigenvalue weighted by atomic mass is 10.0. The van der Waals surface area contributed by atoms with Crippen LogP contribution in [0.1, 0.15) is 0 Å². The zero-order chi connectivity index (χ0) is 33.0. The summed E-state index contributed by atoms with van der Waals surface area (Å²) in [4.78, 5) is 0. The highest BCUT2D eigenvalue weighted by Gasteiger charge is 2.22. The Morgan fingerprint density at radius 2 is 0.660 bits per heavy atom. The fraction of sp³-hybridized carbons (Fsp3) is 0. The number of fused-ring (bicyclic) bond motifs is 7. The normalized spacial score (nSPS) is 11.6. The largest absolute Gasteiger partial charge is 0.307 e. The molecule has 0 fully saturated rings. The van der Waals surface area contributed by atoms with Gasteiger partial charge in [-0.2, -0.15) is 0 Å². The first kappa shape index (κ1) is 28.4. The number of nitrogens with zero attached hydrogens (tertiary/aromatic N) is 2. The van der Waals surface area contributed by atoms with Gasteiger partial charge in [0.15, 0.2) is 0 Å². The average molecular weight is 637 g/mol. The Morgan fingerprint density at radius 1 is 0.240 bits per heavy atom. The molecular formula is C48H32N2. The maximum Gasteiger partial charge on any atom is 0.0788 e. The van der Waals surface area contributed by atoms with Crippen LogP contribution >= 0.6 is 0 Å². The van der Waals surface area contributed by atoms with Crippen LogP contribution in [0.4, 0.5) is 0 Å². The predicted octanol–water partition coefficient (Wildman–Crippen LogP) is 12.9. The maximum absolute atomic E-state index is 2.49. The third-order valence-corrected chi connectivity index (χ3v) is 10.1. The molecule has 0 spiro atoms. The van der Waals surface area contributed by atoms with Crippen LogP contribution in [0.2, 0.25) is 0 Å². The van der Waals surface area contributed by atoms with E-state index in [2.05, 4.69) is 203 Å². The van der Waals surface area contributed by atoms with E-state index < -0.39 is 0 Å². The van der Waals surface area contributed by atoms with Crippen molar-refractivity contribution in [3.63, 3.8) is 0 Å². The minimum Gasteiger partial charge on any atom is -0.307 e. The summed E-state index contributed by atoms with van der Waals surface area (Å²) >= 11 is 0. The van der Waals surface area contributed by atoms with Gasteiger partial charge in [-0.15, -0.1) is 0 Å². The summed E-state index contributed by atoms with van der Waals surface area (Å²) in [6.45, 7) is 0. The molecule has 234 valence electrons. The summed E-state index contributed by atoms with van der Waals surface area (Å²) in [6.07, 6.45) is 0. The third kappa shape index (κ3) is 4.50. The average Bonchev–Trinajstić information content (AvgIpc) is 3.72. The molecule has 0 aliphatic rings. The SMILES string of the molecule is c1ccc(-c2cccc(-n3c4ccccc4c4ccc5c6cc(-c7ccccc7)ccc6n(-c6cccc(-c7ccccc7)c6)c5c43)c2)cc1. The molecule has 50 heavy (non-hydrogen) atoms. The standard InChI is InChI=1S/C48H32N2/c1-4-14-33(15-5-1)36-20-12-22-39(30-36)49-45-25-11-10-24-41(45)42-27-28-43-44-32-38(35-18-8-3-9-19-35)26-29-46(44)50(48(43)47(42)49)40-23-13-21-37(31-40)34-16-6-2-7-17-34/h1-32H. The Balaban J connectivity index is 1.35. The molecule has 0 bridgehead atoms. The van der Waals surface area contributed by atoms with Crippen molar-refractivity contribution in [3.05, 3.63) is 194 Å². The fourth-order valence-corrected chi connectivity index (χ4v) is 7.81. The molecule has 0 N–H and O–H groups in total. The van der Waals surface area contributed by atoms with Gasteiger partial charge in [-0.25, -0.2) is 0 Å². The van der Waals surface area contributed by atoms with E-state index in [0.717, 1.165) is 11.4 Å². The summed E-state index contributed by atoms with van der Waals surface area (Å²) in [6, 6.07) is 70.4. The number of para-hydroxylation sites is 1. The van der Waals surface area contributed by atoms with E-state index in [1.165, 1.54) is 77.0 Å². The van der Waals surface area contributed by atoms with E-state index in [1.807, 2.05) is 0 Å². The van der Waals surface area contributed by atoms with Crippen molar-refractivity contribution >= 4 is 43.6 Å². The van der Waals surface area contributed by atoms with Crippen molar-refractivity contribution in [2.75, 3.05) is 0 Å². The minimum atomic E-state index is 1.14. The Morgan fingerprint density at radius 3 is 1.20 bits per heavy atom. The lowest BCUT2D eigenvalue weighted by molar-refractivity contribution is 1.15. The number of benzene rings is 8. The van der Waals surface area contributed by atoms with Crippen LogP contribution in [-0.4, -0.2) is 9.13 Å². The molecule has 2 nitrogen and oxygen atoms in total. The zero-order valence-electron chi connectivity index (χ0n) is 27.4. The van der Waals surface area contributed by atoms with Crippen molar-refractivity contribution in [2.45, 2.75) is 0 Å². The van der Waals surface area contributed by atoms with Crippen LogP contribution in [-0.2, 0) is 0 Å². The summed E-state index contributed by atoms with van der Waals surface area (Å²) in [7, 11) is 0. The van der Waals surface area contributed by atoms with Gasteiger partial charge in [0.1, 0.15) is 0 Å². The summed E-state index contributed by atoms with van der Waals surface area (Å²) in [5.41, 5.74) is 14.3. The molecule has 0 unspecified atom stereocenters. The Bertz CT molecular complexity index is 2840. The molecule has 0 saturated heterocycles. The van der Waals surface area contributed by atoms with Crippen LogP contribution in [0.25, 0.3) is 88.4 Å². The predicted molar refractivity (Wildman–Crippen MR) is 211 cm³/mol. The fourth-order valence-electron chi connectivity index (χ4n) is 7.81. The maximum atomic E-state index is 2.49. The molecule has 0 aliphatic carbocycles. The monoisotopic (exact) mass is 636 g/mol. The Kier molecular flexibility index (Phi) is 6.53. The molecule has 2 heterocycles. The zero-order valence-corrected chi connectivity index (χ0v) is 27.4. The third-order valence-electron chi connectivity index (χ3n) is 10.1. The lowest BCUT2D eigenvalue weighted by Crippen LogP contribution is -1.99. The molecule has 2 heteroatoms. The van der Waals surface area contributed by atoms with Crippen molar-refractivity contribution in [1.29, 1.82) is 0 Å². The molecule has 0 aliphatic heterocycles. The summed E-state index contributed by atoms with van der Waals surface area (Å²) in [5, 5.41) is 4.96. The second kappa shape index (κ2) is 11.5. The van der Waals surface area contributed by atoms with Crippen LogP contribution in [0.3, 0.4) is 0 Å². The van der Waals surface area contributed by atoms with Gasteiger partial charge in [-0.3, -0.25) is 0 Å². The van der Waals surface area contributed by atoms with Crippen molar-refractivity contribution in [1.82, 2.24) is 9.13 Å². The lowest BCUT2D eigenvalue weighted by Gasteiger charge is -2.14. The van der Waals surface area contributed by atoms with E-state index in [9.17, 15) is 0 Å². The van der Waals surface area contributed by atoms with Crippen molar-refractivity contribution in [2.24, 2.45) is 0 Å². The minimum absolute atomic E-state index is 1.14. The van der Waals surface area contributed by atoms with Crippen molar-refractivity contribution in [3.8, 4) is 44.8 Å². The molecule has 8 aromatic carbocycles. The Hall–Kier alpha value is -6.64. The first-order chi connectivity index (χ1) is 24.8. The van der Waals surface area contributed by atoms with Crippen LogP contribution in [0.5, 0.6) is 0 Å². The van der Waals surface area contributed by atoms with E-state index in [4.69, 9.17) is 0 Å². The van der Waals surface area contributed by atoms with Crippen LogP contribution < -0.4 is 0 Å². The molecule has 10 rings (SSSR count). The van der Waals surface area contributed by atoms with Crippen molar-refractivity contribution < 1.29 is 0 Å². The van der Waals surface area contributed by atoms with Gasteiger partial charge < -0.3 is 9.13 Å². The van der Waals surface area contributed by atoms with Gasteiger partial charge in [0.25, 0.3) is 0 Å². The van der Waals surface area contributed by atoms with Crippen LogP contribution in [0.15, 0.2) is 194 Å². The van der Waals surface area contributed by atoms with E-state index >= 15 is 0 Å². The second-order valence-electron chi connectivity index (χ2n) is 13.0. The summed E-state index contributed by atoms with van der Waals surface area (Å²) in [5.74, 6) is 0. The molecule has 10 aromatic rings. The molecule has 0 amide bonds. The van der Waals surface area contributed by atoms with Gasteiger partial charge in [0, 0.05) is 32.9 Å².